The van der Waals surface area contributed by atoms with Gasteiger partial charge in [-0.05, 0) is 25.3 Å². The zero-order chi connectivity index (χ0) is 9.52. The second kappa shape index (κ2) is 5.80. The summed E-state index contributed by atoms with van der Waals surface area (Å²) in [7, 11) is 0. The van der Waals surface area contributed by atoms with Gasteiger partial charge in [0.25, 0.3) is 0 Å². The molecule has 71 valence electrons. The monoisotopic (exact) mass is 175 g/mol. The molecule has 0 N–H and O–H groups in total. The molecule has 0 nitrogen and oxygen atoms in total. The Morgan fingerprint density at radius 2 is 2.00 bits per heavy atom. The van der Waals surface area contributed by atoms with E-state index in [1.54, 1.807) is 0 Å². The number of rotatable bonds is 5. The highest BCUT2D eigenvalue weighted by Gasteiger charge is 1.93. The van der Waals surface area contributed by atoms with Crippen LogP contribution in [0, 0.1) is 13.8 Å². The first kappa shape index (κ1) is 10.3. The molecule has 13 heavy (non-hydrogen) atoms. The molecule has 1 aromatic carbocycles. The molecule has 0 unspecified atom stereocenters. The van der Waals surface area contributed by atoms with Crippen LogP contribution in [-0.4, -0.2) is 0 Å². The third-order valence-corrected chi connectivity index (χ3v) is 2.30. The van der Waals surface area contributed by atoms with E-state index >= 15 is 0 Å². The van der Waals surface area contributed by atoms with Gasteiger partial charge in [-0.1, -0.05) is 56.0 Å². The first-order valence-corrected chi connectivity index (χ1v) is 5.17. The molecule has 0 fully saturated rings. The van der Waals surface area contributed by atoms with Crippen LogP contribution in [0.25, 0.3) is 0 Å². The van der Waals surface area contributed by atoms with Crippen molar-refractivity contribution >= 4 is 0 Å². The molecule has 0 atom stereocenters. The molecule has 0 saturated heterocycles. The lowest BCUT2D eigenvalue weighted by atomic mass is 10.0. The first-order valence-electron chi connectivity index (χ1n) is 5.17. The van der Waals surface area contributed by atoms with Crippen molar-refractivity contribution in [3.8, 4) is 0 Å². The summed E-state index contributed by atoms with van der Waals surface area (Å²) in [5.41, 5.74) is 2.85. The van der Waals surface area contributed by atoms with Crippen LogP contribution in [0.2, 0.25) is 0 Å². The van der Waals surface area contributed by atoms with Crippen LogP contribution in [-0.2, 0) is 6.42 Å². The number of aryl methyl sites for hydroxylation is 2. The Morgan fingerprint density at radius 1 is 1.15 bits per heavy atom. The molecule has 0 aliphatic rings. The van der Waals surface area contributed by atoms with Crippen LogP contribution in [0.3, 0.4) is 0 Å². The predicted octanol–water partition coefficient (Wildman–Crippen LogP) is 3.93. The van der Waals surface area contributed by atoms with Crippen LogP contribution in [0.1, 0.15) is 36.8 Å². The van der Waals surface area contributed by atoms with E-state index in [-0.39, 0.29) is 0 Å². The summed E-state index contributed by atoms with van der Waals surface area (Å²) >= 11 is 0. The molecule has 0 aliphatic carbocycles. The molecular formula is C13H19. The third-order valence-electron chi connectivity index (χ3n) is 2.30. The molecule has 0 saturated carbocycles. The molecule has 0 spiro atoms. The second-order valence-electron chi connectivity index (χ2n) is 3.65. The average Bonchev–Trinajstić information content (AvgIpc) is 2.13. The molecule has 1 aromatic rings. The fourth-order valence-corrected chi connectivity index (χ4v) is 1.55. The lowest BCUT2D eigenvalue weighted by Gasteiger charge is -2.01. The minimum absolute atomic E-state index is 1.08. The normalized spacial score (nSPS) is 10.3. The Labute approximate surface area is 82.0 Å². The minimum atomic E-state index is 1.08. The third kappa shape index (κ3) is 4.12. The summed E-state index contributed by atoms with van der Waals surface area (Å²) in [4.78, 5) is 0. The van der Waals surface area contributed by atoms with E-state index < -0.39 is 0 Å². The number of unbranched alkanes of at least 4 members (excludes halogenated alkanes) is 3. The van der Waals surface area contributed by atoms with Crippen LogP contribution < -0.4 is 0 Å². The van der Waals surface area contributed by atoms with Crippen LogP contribution >= 0.6 is 0 Å². The van der Waals surface area contributed by atoms with Gasteiger partial charge in [-0.3, -0.25) is 0 Å². The van der Waals surface area contributed by atoms with Crippen molar-refractivity contribution in [1.29, 1.82) is 0 Å². The summed E-state index contributed by atoms with van der Waals surface area (Å²) < 4.78 is 0. The molecule has 0 heterocycles. The predicted molar refractivity (Wildman–Crippen MR) is 58.7 cm³/mol. The van der Waals surface area contributed by atoms with E-state index in [1.165, 1.54) is 36.8 Å². The molecule has 1 radical (unpaired) electrons. The highest BCUT2D eigenvalue weighted by atomic mass is 14.0. The SMILES string of the molecule is [CH2]CCCCCc1cccc(C)c1. The zero-order valence-corrected chi connectivity index (χ0v) is 8.55. The molecular weight excluding hydrogens is 156 g/mol. The van der Waals surface area contributed by atoms with E-state index in [0.717, 1.165) is 6.42 Å². The van der Waals surface area contributed by atoms with Crippen molar-refractivity contribution in [3.63, 3.8) is 0 Å². The fraction of sp³-hybridized carbons (Fsp3) is 0.462. The Morgan fingerprint density at radius 3 is 2.69 bits per heavy atom. The van der Waals surface area contributed by atoms with E-state index in [9.17, 15) is 0 Å². The number of hydrogen-bond acceptors (Lipinski definition) is 0. The van der Waals surface area contributed by atoms with Gasteiger partial charge >= 0.3 is 0 Å². The lowest BCUT2D eigenvalue weighted by Crippen LogP contribution is -1.86. The summed E-state index contributed by atoms with van der Waals surface area (Å²) in [6, 6.07) is 8.80. The van der Waals surface area contributed by atoms with E-state index in [2.05, 4.69) is 38.1 Å². The Hall–Kier alpha value is -0.780. The van der Waals surface area contributed by atoms with Gasteiger partial charge in [0.05, 0.1) is 0 Å². The molecule has 1 rings (SSSR count). The van der Waals surface area contributed by atoms with Crippen LogP contribution in [0.5, 0.6) is 0 Å². The quantitative estimate of drug-likeness (QED) is 0.595. The molecule has 0 heteroatoms. The smallest absolute Gasteiger partial charge is 0.0279 e. The molecule has 0 bridgehead atoms. The number of benzene rings is 1. The maximum absolute atomic E-state index is 3.84. The van der Waals surface area contributed by atoms with Crippen molar-refractivity contribution in [2.75, 3.05) is 0 Å². The standard InChI is InChI=1S/C13H19/c1-3-4-5-6-9-13-10-7-8-12(2)11-13/h7-8,10-11H,1,3-6,9H2,2H3. The molecule has 0 aromatic heterocycles. The summed E-state index contributed by atoms with van der Waals surface area (Å²) in [5.74, 6) is 0. The van der Waals surface area contributed by atoms with Gasteiger partial charge < -0.3 is 0 Å². The number of hydrogen-bond donors (Lipinski definition) is 0. The van der Waals surface area contributed by atoms with Gasteiger partial charge in [0.2, 0.25) is 0 Å². The summed E-state index contributed by atoms with van der Waals surface area (Å²) in [6.45, 7) is 6.00. The fourth-order valence-electron chi connectivity index (χ4n) is 1.55. The van der Waals surface area contributed by atoms with Crippen LogP contribution in [0.15, 0.2) is 24.3 Å². The van der Waals surface area contributed by atoms with E-state index in [1.807, 2.05) is 0 Å². The first-order chi connectivity index (χ1) is 6.33. The van der Waals surface area contributed by atoms with Crippen molar-refractivity contribution in [2.24, 2.45) is 0 Å². The highest BCUT2D eigenvalue weighted by molar-refractivity contribution is 5.22. The topological polar surface area (TPSA) is 0 Å². The second-order valence-corrected chi connectivity index (χ2v) is 3.65. The largest absolute Gasteiger partial charge is 0.0617 e. The van der Waals surface area contributed by atoms with Crippen LogP contribution in [0.4, 0.5) is 0 Å². The highest BCUT2D eigenvalue weighted by Crippen LogP contribution is 2.09. The molecule has 0 aliphatic heterocycles. The summed E-state index contributed by atoms with van der Waals surface area (Å²) in [6.07, 6.45) is 6.19. The van der Waals surface area contributed by atoms with Gasteiger partial charge in [-0.25, -0.2) is 0 Å². The van der Waals surface area contributed by atoms with Gasteiger partial charge in [0.1, 0.15) is 0 Å². The van der Waals surface area contributed by atoms with Gasteiger partial charge in [0, 0.05) is 0 Å². The Balaban J connectivity index is 2.28. The van der Waals surface area contributed by atoms with Gasteiger partial charge in [-0.2, -0.15) is 0 Å². The van der Waals surface area contributed by atoms with Crippen molar-refractivity contribution in [1.82, 2.24) is 0 Å². The Kier molecular flexibility index (Phi) is 4.59. The van der Waals surface area contributed by atoms with Gasteiger partial charge in [0.15, 0.2) is 0 Å². The summed E-state index contributed by atoms with van der Waals surface area (Å²) in [5, 5.41) is 0. The van der Waals surface area contributed by atoms with Gasteiger partial charge in [-0.15, -0.1) is 0 Å². The van der Waals surface area contributed by atoms with E-state index in [0.29, 0.717) is 0 Å². The average molecular weight is 175 g/mol. The molecule has 0 amide bonds. The lowest BCUT2D eigenvalue weighted by molar-refractivity contribution is 0.686. The maximum Gasteiger partial charge on any atom is -0.0279 e. The van der Waals surface area contributed by atoms with Crippen molar-refractivity contribution in [2.45, 2.75) is 39.0 Å². The van der Waals surface area contributed by atoms with E-state index in [4.69, 9.17) is 0 Å². The Bertz CT molecular complexity index is 238. The van der Waals surface area contributed by atoms with Crippen molar-refractivity contribution in [3.05, 3.63) is 42.3 Å². The zero-order valence-electron chi connectivity index (χ0n) is 8.55. The maximum atomic E-state index is 3.84. The minimum Gasteiger partial charge on any atom is -0.0617 e. The van der Waals surface area contributed by atoms with Crippen molar-refractivity contribution < 1.29 is 0 Å².